The van der Waals surface area contributed by atoms with Crippen LogP contribution in [0.4, 0.5) is 5.69 Å². The fourth-order valence-electron chi connectivity index (χ4n) is 4.54. The second-order valence-corrected chi connectivity index (χ2v) is 12.1. The molecule has 3 aromatic carbocycles. The number of nitrogens with one attached hydrogen (secondary N) is 1. The molecule has 41 heavy (non-hydrogen) atoms. The molecule has 0 saturated carbocycles. The highest BCUT2D eigenvalue weighted by atomic mass is 35.5. The third kappa shape index (κ3) is 7.71. The number of ether oxygens (including phenoxy) is 2. The van der Waals surface area contributed by atoms with Crippen LogP contribution in [0.5, 0.6) is 11.5 Å². The average molecular weight is 600 g/mol. The molecule has 0 spiro atoms. The Bertz CT molecular complexity index is 1450. The van der Waals surface area contributed by atoms with Gasteiger partial charge in [0.2, 0.25) is 21.8 Å². The van der Waals surface area contributed by atoms with Crippen LogP contribution in [0.2, 0.25) is 5.02 Å². The highest BCUT2D eigenvalue weighted by Crippen LogP contribution is 2.35. The number of anilines is 1. The first-order valence-electron chi connectivity index (χ1n) is 13.5. The highest BCUT2D eigenvalue weighted by molar-refractivity contribution is 7.92. The van der Waals surface area contributed by atoms with Gasteiger partial charge in [0.25, 0.3) is 0 Å². The van der Waals surface area contributed by atoms with Crippen molar-refractivity contribution in [2.75, 3.05) is 36.4 Å². The lowest BCUT2D eigenvalue weighted by atomic mass is 10.0. The third-order valence-electron chi connectivity index (χ3n) is 6.68. The van der Waals surface area contributed by atoms with Crippen molar-refractivity contribution < 1.29 is 27.5 Å². The average Bonchev–Trinajstić information content (AvgIpc) is 2.98. The summed E-state index contributed by atoms with van der Waals surface area (Å²) in [6.45, 7) is 3.99. The molecule has 0 aliphatic carbocycles. The topological polar surface area (TPSA) is 105 Å². The van der Waals surface area contributed by atoms with Gasteiger partial charge in [-0.25, -0.2) is 8.42 Å². The lowest BCUT2D eigenvalue weighted by Gasteiger charge is -2.34. The van der Waals surface area contributed by atoms with Gasteiger partial charge in [-0.1, -0.05) is 54.1 Å². The summed E-state index contributed by atoms with van der Waals surface area (Å²) in [4.78, 5) is 29.0. The van der Waals surface area contributed by atoms with Crippen molar-refractivity contribution in [1.82, 2.24) is 10.2 Å². The van der Waals surface area contributed by atoms with Crippen LogP contribution in [-0.4, -0.2) is 63.2 Å². The maximum atomic E-state index is 14.1. The zero-order valence-corrected chi connectivity index (χ0v) is 24.7. The number of amides is 2. The van der Waals surface area contributed by atoms with E-state index in [1.807, 2.05) is 30.3 Å². The largest absolute Gasteiger partial charge is 0.486 e. The molecule has 0 radical (unpaired) electrons. The van der Waals surface area contributed by atoms with Gasteiger partial charge in [0.15, 0.2) is 11.5 Å². The molecule has 3 aromatic rings. The maximum absolute atomic E-state index is 14.1. The number of hydrogen-bond acceptors (Lipinski definition) is 6. The summed E-state index contributed by atoms with van der Waals surface area (Å²) in [5.41, 5.74) is 1.88. The summed E-state index contributed by atoms with van der Waals surface area (Å²) in [5.74, 6) is -0.180. The maximum Gasteiger partial charge on any atom is 0.244 e. The van der Waals surface area contributed by atoms with E-state index in [1.54, 1.807) is 49.4 Å². The Hall–Kier alpha value is -3.76. The van der Waals surface area contributed by atoms with Crippen LogP contribution in [0.15, 0.2) is 72.8 Å². The van der Waals surface area contributed by atoms with Crippen molar-refractivity contribution in [3.05, 3.63) is 88.9 Å². The minimum atomic E-state index is -3.89. The molecule has 218 valence electrons. The van der Waals surface area contributed by atoms with E-state index >= 15 is 0 Å². The summed E-state index contributed by atoms with van der Waals surface area (Å²) >= 11 is 6.09. The van der Waals surface area contributed by atoms with Crippen LogP contribution in [0.1, 0.15) is 25.0 Å². The number of hydrogen-bond donors (Lipinski definition) is 1. The Morgan fingerprint density at radius 1 is 0.927 bits per heavy atom. The van der Waals surface area contributed by atoms with Gasteiger partial charge >= 0.3 is 0 Å². The first-order valence-corrected chi connectivity index (χ1v) is 15.5. The number of fused-ring (bicyclic) bond motifs is 1. The SMILES string of the molecule is CCNC(=O)[C@@H](Cc1ccccc1)N(Cc1ccc(Cl)cc1)C(=O)CN(c1ccc2c(c1)OCCO2)S(=O)(=O)CC. The van der Waals surface area contributed by atoms with Gasteiger partial charge in [-0.3, -0.25) is 13.9 Å². The van der Waals surface area contributed by atoms with Crippen LogP contribution >= 0.6 is 11.6 Å². The Labute approximate surface area is 246 Å². The van der Waals surface area contributed by atoms with Gasteiger partial charge < -0.3 is 19.7 Å². The van der Waals surface area contributed by atoms with Crippen molar-refractivity contribution in [3.8, 4) is 11.5 Å². The highest BCUT2D eigenvalue weighted by Gasteiger charge is 2.33. The number of rotatable bonds is 12. The van der Waals surface area contributed by atoms with Crippen LogP contribution in [0.3, 0.4) is 0 Å². The number of carbonyl (C=O) groups is 2. The molecule has 11 heteroatoms. The molecule has 1 aliphatic heterocycles. The summed E-state index contributed by atoms with van der Waals surface area (Å²) in [6, 6.07) is 20.2. The molecule has 0 fully saturated rings. The van der Waals surface area contributed by atoms with Crippen LogP contribution in [0.25, 0.3) is 0 Å². The number of likely N-dealkylation sites (N-methyl/N-ethyl adjacent to an activating group) is 1. The third-order valence-corrected chi connectivity index (χ3v) is 8.67. The normalized spacial score (nSPS) is 13.2. The number of carbonyl (C=O) groups excluding carboxylic acids is 2. The van der Waals surface area contributed by atoms with Crippen LogP contribution in [-0.2, 0) is 32.6 Å². The number of benzene rings is 3. The Morgan fingerprint density at radius 2 is 1.61 bits per heavy atom. The molecular weight excluding hydrogens is 566 g/mol. The van der Waals surface area contributed by atoms with Crippen molar-refractivity contribution >= 4 is 39.1 Å². The van der Waals surface area contributed by atoms with Gasteiger partial charge in [0.1, 0.15) is 25.8 Å². The first kappa shape index (κ1) is 30.2. The summed E-state index contributed by atoms with van der Waals surface area (Å²) < 4.78 is 38.9. The van der Waals surface area contributed by atoms with Gasteiger partial charge in [-0.15, -0.1) is 0 Å². The molecule has 2 amide bonds. The zero-order valence-electron chi connectivity index (χ0n) is 23.1. The minimum Gasteiger partial charge on any atom is -0.486 e. The minimum absolute atomic E-state index is 0.0752. The van der Waals surface area contributed by atoms with E-state index < -0.39 is 28.5 Å². The predicted octanol–water partition coefficient (Wildman–Crippen LogP) is 4.04. The lowest BCUT2D eigenvalue weighted by molar-refractivity contribution is -0.140. The van der Waals surface area contributed by atoms with E-state index in [2.05, 4.69) is 5.32 Å². The zero-order chi connectivity index (χ0) is 29.4. The molecule has 0 unspecified atom stereocenters. The van der Waals surface area contributed by atoms with Crippen LogP contribution < -0.4 is 19.1 Å². The molecule has 0 aromatic heterocycles. The number of halogens is 1. The summed E-state index contributed by atoms with van der Waals surface area (Å²) in [5, 5.41) is 3.38. The molecule has 1 heterocycles. The van der Waals surface area contributed by atoms with E-state index in [0.29, 0.717) is 36.3 Å². The van der Waals surface area contributed by atoms with Gasteiger partial charge in [-0.2, -0.15) is 0 Å². The summed E-state index contributed by atoms with van der Waals surface area (Å²) in [6.07, 6.45) is 0.247. The van der Waals surface area contributed by atoms with Crippen molar-refractivity contribution in [3.63, 3.8) is 0 Å². The van der Waals surface area contributed by atoms with Gasteiger partial charge in [0.05, 0.1) is 11.4 Å². The smallest absolute Gasteiger partial charge is 0.244 e. The molecule has 0 bridgehead atoms. The van der Waals surface area contributed by atoms with Crippen molar-refractivity contribution in [2.24, 2.45) is 0 Å². The van der Waals surface area contributed by atoms with E-state index in [-0.39, 0.29) is 30.3 Å². The molecule has 1 N–H and O–H groups in total. The Morgan fingerprint density at radius 3 is 2.27 bits per heavy atom. The van der Waals surface area contributed by atoms with Gasteiger partial charge in [0, 0.05) is 30.6 Å². The number of sulfonamides is 1. The van der Waals surface area contributed by atoms with Crippen LogP contribution in [0, 0.1) is 0 Å². The van der Waals surface area contributed by atoms with Crippen molar-refractivity contribution in [2.45, 2.75) is 32.9 Å². The Kier molecular flexibility index (Phi) is 10.1. The molecule has 0 saturated heterocycles. The molecule has 1 aliphatic rings. The standard InChI is InChI=1S/C30H34ClN3O6S/c1-3-32-30(36)26(18-22-8-6-5-7-9-22)33(20-23-10-12-24(31)13-11-23)29(35)21-34(41(37,38)4-2)25-14-15-27-28(19-25)40-17-16-39-27/h5-15,19,26H,3-4,16-18,20-21H2,1-2H3,(H,32,36)/t26-/m1/s1. The molecular formula is C30H34ClN3O6S. The second kappa shape index (κ2) is 13.7. The molecule has 4 rings (SSSR count). The van der Waals surface area contributed by atoms with E-state index in [1.165, 1.54) is 11.8 Å². The van der Waals surface area contributed by atoms with Gasteiger partial charge in [-0.05, 0) is 49.2 Å². The van der Waals surface area contributed by atoms with E-state index in [0.717, 1.165) is 15.4 Å². The number of nitrogens with zero attached hydrogens (tertiary/aromatic N) is 2. The molecule has 1 atom stereocenters. The summed E-state index contributed by atoms with van der Waals surface area (Å²) in [7, 11) is -3.89. The van der Waals surface area contributed by atoms with E-state index in [9.17, 15) is 18.0 Å². The fraction of sp³-hybridized carbons (Fsp3) is 0.333. The second-order valence-electron chi connectivity index (χ2n) is 9.48. The predicted molar refractivity (Wildman–Crippen MR) is 159 cm³/mol. The fourth-order valence-corrected chi connectivity index (χ4v) is 5.72. The molecule has 9 nitrogen and oxygen atoms in total. The van der Waals surface area contributed by atoms with Crippen molar-refractivity contribution in [1.29, 1.82) is 0 Å². The first-order chi connectivity index (χ1) is 19.7. The Balaban J connectivity index is 1.73. The quantitative estimate of drug-likeness (QED) is 0.337. The monoisotopic (exact) mass is 599 g/mol. The van der Waals surface area contributed by atoms with E-state index in [4.69, 9.17) is 21.1 Å². The lowest BCUT2D eigenvalue weighted by Crippen LogP contribution is -2.53.